The van der Waals surface area contributed by atoms with Crippen LogP contribution in [-0.4, -0.2) is 24.0 Å². The average molecular weight is 256 g/mol. The van der Waals surface area contributed by atoms with Gasteiger partial charge in [-0.3, -0.25) is 9.78 Å². The molecular weight excluding hydrogens is 238 g/mol. The summed E-state index contributed by atoms with van der Waals surface area (Å²) in [5.74, 6) is 0.188. The van der Waals surface area contributed by atoms with E-state index in [-0.39, 0.29) is 24.2 Å². The summed E-state index contributed by atoms with van der Waals surface area (Å²) < 4.78 is 0. The van der Waals surface area contributed by atoms with Crippen molar-refractivity contribution in [2.45, 2.75) is 19.8 Å². The van der Waals surface area contributed by atoms with Crippen molar-refractivity contribution in [3.05, 3.63) is 24.0 Å². The van der Waals surface area contributed by atoms with Crippen LogP contribution in [0.5, 0.6) is 0 Å². The number of halogens is 1. The molecule has 1 aromatic rings. The van der Waals surface area contributed by atoms with E-state index < -0.39 is 0 Å². The molecule has 1 saturated heterocycles. The van der Waals surface area contributed by atoms with Crippen LogP contribution in [0.25, 0.3) is 0 Å². The Balaban J connectivity index is 0.00000144. The van der Waals surface area contributed by atoms with Gasteiger partial charge in [0.15, 0.2) is 0 Å². The second-order valence-electron chi connectivity index (χ2n) is 4.22. The molecule has 0 spiro atoms. The number of pyridine rings is 1. The molecule has 0 bridgehead atoms. The number of aryl methyl sites for hydroxylation is 1. The van der Waals surface area contributed by atoms with Gasteiger partial charge in [-0.1, -0.05) is 0 Å². The van der Waals surface area contributed by atoms with Gasteiger partial charge in [0, 0.05) is 12.2 Å². The molecule has 0 saturated carbocycles. The van der Waals surface area contributed by atoms with Crippen LogP contribution in [0.1, 0.15) is 18.5 Å². The van der Waals surface area contributed by atoms with Crippen molar-refractivity contribution in [3.8, 4) is 0 Å². The second kappa shape index (κ2) is 6.57. The molecular formula is C12H18ClN3O. The highest BCUT2D eigenvalue weighted by atomic mass is 35.5. The maximum absolute atomic E-state index is 11.9. The Hall–Kier alpha value is -1.13. The zero-order valence-corrected chi connectivity index (χ0v) is 10.7. The van der Waals surface area contributed by atoms with Crippen LogP contribution in [0.15, 0.2) is 18.3 Å². The van der Waals surface area contributed by atoms with E-state index in [1.54, 1.807) is 6.20 Å². The molecule has 1 aromatic heterocycles. The molecule has 4 nitrogen and oxygen atoms in total. The van der Waals surface area contributed by atoms with E-state index in [0.29, 0.717) is 0 Å². The van der Waals surface area contributed by atoms with Crippen molar-refractivity contribution in [2.24, 2.45) is 5.92 Å². The first-order valence-corrected chi connectivity index (χ1v) is 5.70. The minimum atomic E-state index is 0. The Kier molecular flexibility index (Phi) is 5.38. The number of aromatic nitrogens is 1. The van der Waals surface area contributed by atoms with Crippen LogP contribution >= 0.6 is 12.4 Å². The van der Waals surface area contributed by atoms with E-state index >= 15 is 0 Å². The zero-order chi connectivity index (χ0) is 11.4. The van der Waals surface area contributed by atoms with Gasteiger partial charge in [0.1, 0.15) is 0 Å². The molecule has 0 radical (unpaired) electrons. The summed E-state index contributed by atoms with van der Waals surface area (Å²) >= 11 is 0. The number of amides is 1. The summed E-state index contributed by atoms with van der Waals surface area (Å²) in [5.41, 5.74) is 1.73. The van der Waals surface area contributed by atoms with Crippen molar-refractivity contribution in [1.29, 1.82) is 0 Å². The van der Waals surface area contributed by atoms with Gasteiger partial charge >= 0.3 is 0 Å². The largest absolute Gasteiger partial charge is 0.324 e. The third-order valence-electron chi connectivity index (χ3n) is 2.85. The molecule has 0 aliphatic carbocycles. The van der Waals surface area contributed by atoms with E-state index in [1.165, 1.54) is 0 Å². The van der Waals surface area contributed by atoms with E-state index in [2.05, 4.69) is 15.6 Å². The summed E-state index contributed by atoms with van der Waals surface area (Å²) in [6, 6.07) is 3.78. The van der Waals surface area contributed by atoms with E-state index in [9.17, 15) is 4.79 Å². The monoisotopic (exact) mass is 255 g/mol. The second-order valence-corrected chi connectivity index (χ2v) is 4.22. The van der Waals surface area contributed by atoms with E-state index in [1.807, 2.05) is 19.1 Å². The molecule has 2 heterocycles. The van der Waals surface area contributed by atoms with E-state index in [4.69, 9.17) is 0 Å². The maximum Gasteiger partial charge on any atom is 0.228 e. The van der Waals surface area contributed by atoms with Crippen molar-refractivity contribution in [2.75, 3.05) is 18.4 Å². The molecule has 1 amide bonds. The van der Waals surface area contributed by atoms with Crippen LogP contribution < -0.4 is 10.6 Å². The highest BCUT2D eigenvalue weighted by molar-refractivity contribution is 5.92. The molecule has 1 aliphatic heterocycles. The summed E-state index contributed by atoms with van der Waals surface area (Å²) in [6.07, 6.45) is 3.74. The predicted octanol–water partition coefficient (Wildman–Crippen LogP) is 1.75. The lowest BCUT2D eigenvalue weighted by Crippen LogP contribution is -2.37. The molecule has 0 unspecified atom stereocenters. The van der Waals surface area contributed by atoms with Gasteiger partial charge in [-0.2, -0.15) is 0 Å². The molecule has 1 aliphatic rings. The SMILES string of the molecule is Cc1ccc(NC(=O)[C@@H]2CCCNC2)cn1.Cl. The first-order chi connectivity index (χ1) is 7.75. The van der Waals surface area contributed by atoms with Crippen LogP contribution in [0.2, 0.25) is 0 Å². The highest BCUT2D eigenvalue weighted by Gasteiger charge is 2.20. The fourth-order valence-corrected chi connectivity index (χ4v) is 1.86. The van der Waals surface area contributed by atoms with Crippen molar-refractivity contribution < 1.29 is 4.79 Å². The minimum Gasteiger partial charge on any atom is -0.324 e. The van der Waals surface area contributed by atoms with Gasteiger partial charge < -0.3 is 10.6 Å². The quantitative estimate of drug-likeness (QED) is 0.847. The Morgan fingerprint density at radius 3 is 2.94 bits per heavy atom. The lowest BCUT2D eigenvalue weighted by molar-refractivity contribution is -0.120. The highest BCUT2D eigenvalue weighted by Crippen LogP contribution is 2.13. The van der Waals surface area contributed by atoms with Crippen LogP contribution in [-0.2, 0) is 4.79 Å². The van der Waals surface area contributed by atoms with Gasteiger partial charge in [-0.15, -0.1) is 12.4 Å². The summed E-state index contributed by atoms with van der Waals surface area (Å²) in [4.78, 5) is 16.0. The Morgan fingerprint density at radius 2 is 2.35 bits per heavy atom. The lowest BCUT2D eigenvalue weighted by atomic mass is 9.99. The summed E-state index contributed by atoms with van der Waals surface area (Å²) in [6.45, 7) is 3.73. The minimum absolute atomic E-state index is 0. The molecule has 5 heteroatoms. The number of carbonyl (C=O) groups is 1. The lowest BCUT2D eigenvalue weighted by Gasteiger charge is -2.21. The van der Waals surface area contributed by atoms with Gasteiger partial charge in [-0.05, 0) is 38.4 Å². The molecule has 2 N–H and O–H groups in total. The van der Waals surface area contributed by atoms with Crippen molar-refractivity contribution >= 4 is 24.0 Å². The fourth-order valence-electron chi connectivity index (χ4n) is 1.86. The van der Waals surface area contributed by atoms with Gasteiger partial charge in [0.25, 0.3) is 0 Å². The molecule has 1 atom stereocenters. The van der Waals surface area contributed by atoms with E-state index in [0.717, 1.165) is 37.3 Å². The normalized spacial score (nSPS) is 19.2. The smallest absolute Gasteiger partial charge is 0.228 e. The molecule has 1 fully saturated rings. The summed E-state index contributed by atoms with van der Waals surface area (Å²) in [7, 11) is 0. The third-order valence-corrected chi connectivity index (χ3v) is 2.85. The first kappa shape index (κ1) is 13.9. The third kappa shape index (κ3) is 3.98. The molecule has 94 valence electrons. The topological polar surface area (TPSA) is 54.0 Å². The average Bonchev–Trinajstić information content (AvgIpc) is 2.33. The summed E-state index contributed by atoms with van der Waals surface area (Å²) in [5, 5.41) is 6.13. The molecule has 2 rings (SSSR count). The van der Waals surface area contributed by atoms with Crippen LogP contribution in [0.3, 0.4) is 0 Å². The van der Waals surface area contributed by atoms with Crippen LogP contribution in [0, 0.1) is 12.8 Å². The number of piperidine rings is 1. The Labute approximate surface area is 108 Å². The van der Waals surface area contributed by atoms with Gasteiger partial charge in [-0.25, -0.2) is 0 Å². The number of hydrogen-bond acceptors (Lipinski definition) is 3. The number of hydrogen-bond donors (Lipinski definition) is 2. The number of nitrogens with one attached hydrogen (secondary N) is 2. The maximum atomic E-state index is 11.9. The van der Waals surface area contributed by atoms with Crippen LogP contribution in [0.4, 0.5) is 5.69 Å². The molecule has 17 heavy (non-hydrogen) atoms. The number of nitrogens with zero attached hydrogens (tertiary/aromatic N) is 1. The Bertz CT molecular complexity index is 361. The number of rotatable bonds is 2. The fraction of sp³-hybridized carbons (Fsp3) is 0.500. The van der Waals surface area contributed by atoms with Gasteiger partial charge in [0.2, 0.25) is 5.91 Å². The number of carbonyl (C=O) groups excluding carboxylic acids is 1. The van der Waals surface area contributed by atoms with Crippen molar-refractivity contribution in [3.63, 3.8) is 0 Å². The molecule has 0 aromatic carbocycles. The standard InChI is InChI=1S/C12H17N3O.ClH/c1-9-4-5-11(8-14-9)15-12(16)10-3-2-6-13-7-10;/h4-5,8,10,13H,2-3,6-7H2,1H3,(H,15,16);1H/t10-;/m1./s1. The Morgan fingerprint density at radius 1 is 1.53 bits per heavy atom. The zero-order valence-electron chi connectivity index (χ0n) is 9.90. The van der Waals surface area contributed by atoms with Gasteiger partial charge in [0.05, 0.1) is 17.8 Å². The first-order valence-electron chi connectivity index (χ1n) is 5.70. The number of anilines is 1. The van der Waals surface area contributed by atoms with Crippen molar-refractivity contribution in [1.82, 2.24) is 10.3 Å². The predicted molar refractivity (Wildman–Crippen MR) is 70.4 cm³/mol.